The van der Waals surface area contributed by atoms with E-state index in [9.17, 15) is 19.5 Å². The van der Waals surface area contributed by atoms with Crippen molar-refractivity contribution in [2.75, 3.05) is 42.6 Å². The van der Waals surface area contributed by atoms with E-state index in [1.165, 1.54) is 9.80 Å². The largest absolute Gasteiger partial charge is 0.494 e. The van der Waals surface area contributed by atoms with Gasteiger partial charge in [-0.3, -0.25) is 14.4 Å². The summed E-state index contributed by atoms with van der Waals surface area (Å²) in [5.41, 5.74) is -1.12. The van der Waals surface area contributed by atoms with Crippen LogP contribution >= 0.6 is 11.6 Å². The number of aliphatic hydroxyl groups is 1. The number of amides is 3. The van der Waals surface area contributed by atoms with Crippen molar-refractivity contribution in [1.82, 2.24) is 4.90 Å². The van der Waals surface area contributed by atoms with Gasteiger partial charge in [0.1, 0.15) is 17.4 Å². The van der Waals surface area contributed by atoms with Gasteiger partial charge in [-0.1, -0.05) is 42.8 Å². The van der Waals surface area contributed by atoms with Gasteiger partial charge in [0.25, 0.3) is 5.91 Å². The molecule has 3 aliphatic rings. The Morgan fingerprint density at radius 3 is 2.40 bits per heavy atom. The van der Waals surface area contributed by atoms with E-state index in [-0.39, 0.29) is 56.3 Å². The molecule has 6 atom stereocenters. The molecule has 1 N–H and O–H groups in total. The molecule has 2 aromatic rings. The molecule has 10 heteroatoms. The Morgan fingerprint density at radius 2 is 1.78 bits per heavy atom. The zero-order chi connectivity index (χ0) is 32.5. The number of para-hydroxylation sites is 1. The lowest BCUT2D eigenvalue weighted by molar-refractivity contribution is -0.146. The molecule has 3 aliphatic heterocycles. The number of anilines is 2. The highest BCUT2D eigenvalue weighted by Gasteiger charge is 2.80. The summed E-state index contributed by atoms with van der Waals surface area (Å²) >= 11 is 6.56. The van der Waals surface area contributed by atoms with Crippen LogP contribution in [0.4, 0.5) is 11.4 Å². The summed E-state index contributed by atoms with van der Waals surface area (Å²) in [5, 5.41) is 10.1. The zero-order valence-corrected chi connectivity index (χ0v) is 26.9. The van der Waals surface area contributed by atoms with Gasteiger partial charge < -0.3 is 29.3 Å². The van der Waals surface area contributed by atoms with Gasteiger partial charge >= 0.3 is 0 Å². The number of likely N-dealkylation sites (tertiary alicyclic amines) is 1. The van der Waals surface area contributed by atoms with Crippen LogP contribution in [0.5, 0.6) is 5.75 Å². The number of ether oxygens (including phenoxy) is 2. The molecule has 2 aromatic carbocycles. The van der Waals surface area contributed by atoms with Crippen LogP contribution in [-0.4, -0.2) is 77.8 Å². The number of carbonyl (C=O) groups excluding carboxylic acids is 3. The molecule has 2 bridgehead atoms. The van der Waals surface area contributed by atoms with Gasteiger partial charge in [0.05, 0.1) is 34.8 Å². The highest BCUT2D eigenvalue weighted by atomic mass is 35.5. The van der Waals surface area contributed by atoms with E-state index < -0.39 is 29.1 Å². The molecular formula is C35H42ClN3O6. The molecule has 3 fully saturated rings. The highest BCUT2D eigenvalue weighted by Crippen LogP contribution is 2.65. The van der Waals surface area contributed by atoms with Gasteiger partial charge in [-0.25, -0.2) is 0 Å². The molecule has 0 aliphatic carbocycles. The third-order valence-corrected chi connectivity index (χ3v) is 9.95. The second kappa shape index (κ2) is 13.0. The van der Waals surface area contributed by atoms with Gasteiger partial charge in [-0.15, -0.1) is 13.2 Å². The van der Waals surface area contributed by atoms with Crippen molar-refractivity contribution in [1.29, 1.82) is 0 Å². The van der Waals surface area contributed by atoms with E-state index in [1.54, 1.807) is 53.5 Å². The number of carbonyl (C=O) groups is 3. The number of hydrogen-bond donors (Lipinski definition) is 1. The van der Waals surface area contributed by atoms with Crippen molar-refractivity contribution >= 4 is 40.7 Å². The van der Waals surface area contributed by atoms with Gasteiger partial charge in [0.15, 0.2) is 0 Å². The fraction of sp³-hybridized carbons (Fsp3) is 0.457. The summed E-state index contributed by atoms with van der Waals surface area (Å²) < 4.78 is 12.5. The van der Waals surface area contributed by atoms with Crippen LogP contribution in [0.1, 0.15) is 33.6 Å². The highest BCUT2D eigenvalue weighted by molar-refractivity contribution is 6.34. The van der Waals surface area contributed by atoms with Crippen molar-refractivity contribution in [3.63, 3.8) is 0 Å². The normalized spacial score (nSPS) is 28.1. The lowest BCUT2D eigenvalue weighted by Crippen LogP contribution is -2.57. The van der Waals surface area contributed by atoms with Crippen LogP contribution in [-0.2, 0) is 19.1 Å². The summed E-state index contributed by atoms with van der Waals surface area (Å²) in [5.74, 6) is -2.16. The smallest absolute Gasteiger partial charge is 0.253 e. The molecule has 3 amide bonds. The third-order valence-electron chi connectivity index (χ3n) is 9.63. The predicted octanol–water partition coefficient (Wildman–Crippen LogP) is 4.87. The summed E-state index contributed by atoms with van der Waals surface area (Å²) in [7, 11) is 0. The molecule has 3 saturated heterocycles. The number of fused-ring (bicyclic) bond motifs is 1. The fourth-order valence-electron chi connectivity index (χ4n) is 7.64. The Hall–Kier alpha value is -3.66. The van der Waals surface area contributed by atoms with Gasteiger partial charge in [0.2, 0.25) is 11.8 Å². The van der Waals surface area contributed by atoms with Gasteiger partial charge in [-0.2, -0.15) is 0 Å². The van der Waals surface area contributed by atoms with E-state index >= 15 is 0 Å². The molecule has 0 aromatic heterocycles. The predicted molar refractivity (Wildman–Crippen MR) is 174 cm³/mol. The van der Waals surface area contributed by atoms with Gasteiger partial charge in [0, 0.05) is 31.9 Å². The average molecular weight is 636 g/mol. The maximum absolute atomic E-state index is 14.7. The van der Waals surface area contributed by atoms with E-state index in [4.69, 9.17) is 21.1 Å². The number of benzene rings is 2. The Kier molecular flexibility index (Phi) is 9.44. The lowest BCUT2D eigenvalue weighted by atomic mass is 9.62. The fourth-order valence-corrected chi connectivity index (χ4v) is 7.88. The van der Waals surface area contributed by atoms with E-state index in [0.29, 0.717) is 35.2 Å². The van der Waals surface area contributed by atoms with Crippen LogP contribution in [0.2, 0.25) is 5.02 Å². The zero-order valence-electron chi connectivity index (χ0n) is 26.2. The standard InChI is InChI=1S/C35H42ClN3O6/c1-6-18-37(24-14-16-25(17-15-24)44-8-3)31(41)28-29-32(42)39(20-11-21-40)30(35(29)22-23(4)34(28,5)45-35)33(43)38(19-7-2)27-13-10-9-12-26(27)36/h6-7,9-10,12-17,23,28-30,40H,1-2,8,11,18-22H2,3-5H3/t23?,28-,29-,30?,34+,35?/m0/s1. The van der Waals surface area contributed by atoms with E-state index in [0.717, 1.165) is 0 Å². The number of hydrogen-bond acceptors (Lipinski definition) is 6. The van der Waals surface area contributed by atoms with E-state index in [2.05, 4.69) is 13.2 Å². The summed E-state index contributed by atoms with van der Waals surface area (Å²) in [6.07, 6.45) is 3.95. The molecule has 45 heavy (non-hydrogen) atoms. The second-order valence-corrected chi connectivity index (χ2v) is 12.6. The Bertz CT molecular complexity index is 1470. The molecule has 3 unspecified atom stereocenters. The van der Waals surface area contributed by atoms with Crippen molar-refractivity contribution in [2.45, 2.75) is 50.9 Å². The second-order valence-electron chi connectivity index (χ2n) is 12.2. The Morgan fingerprint density at radius 1 is 1.11 bits per heavy atom. The minimum absolute atomic E-state index is 0.136. The van der Waals surface area contributed by atoms with Crippen LogP contribution in [0, 0.1) is 17.8 Å². The van der Waals surface area contributed by atoms with Crippen LogP contribution in [0.3, 0.4) is 0 Å². The van der Waals surface area contributed by atoms with Crippen molar-refractivity contribution in [3.8, 4) is 5.75 Å². The van der Waals surface area contributed by atoms with Gasteiger partial charge in [-0.05, 0) is 69.0 Å². The maximum atomic E-state index is 14.7. The first-order valence-electron chi connectivity index (χ1n) is 15.5. The molecule has 0 saturated carbocycles. The SMILES string of the molecule is C=CCN(C(=O)[C@@H]1[C@H]2C(=O)N(CCCO)C(C(=O)N(CC=C)c3ccccc3Cl)C23CC(C)[C@@]1(C)O3)c1ccc(OCC)cc1. The topological polar surface area (TPSA) is 99.6 Å². The monoisotopic (exact) mass is 635 g/mol. The molecule has 1 spiro atoms. The number of aliphatic hydroxyl groups excluding tert-OH is 1. The maximum Gasteiger partial charge on any atom is 0.253 e. The quantitative estimate of drug-likeness (QED) is 0.315. The molecule has 0 radical (unpaired) electrons. The van der Waals surface area contributed by atoms with E-state index in [1.807, 2.05) is 32.9 Å². The first-order valence-corrected chi connectivity index (χ1v) is 15.9. The minimum Gasteiger partial charge on any atom is -0.494 e. The molecule has 9 nitrogen and oxygen atoms in total. The average Bonchev–Trinajstić information content (AvgIpc) is 3.54. The molecule has 3 heterocycles. The first-order chi connectivity index (χ1) is 21.6. The third kappa shape index (κ3) is 5.34. The summed E-state index contributed by atoms with van der Waals surface area (Å²) in [6, 6.07) is 13.2. The lowest BCUT2D eigenvalue weighted by Gasteiger charge is -2.39. The number of rotatable bonds is 13. The molecular weight excluding hydrogens is 594 g/mol. The summed E-state index contributed by atoms with van der Waals surface area (Å²) in [4.78, 5) is 48.6. The van der Waals surface area contributed by atoms with Crippen molar-refractivity contribution in [2.24, 2.45) is 17.8 Å². The Labute approximate surface area is 270 Å². The molecule has 240 valence electrons. The van der Waals surface area contributed by atoms with Crippen molar-refractivity contribution < 1.29 is 29.0 Å². The molecule has 5 rings (SSSR count). The number of nitrogens with zero attached hydrogens (tertiary/aromatic N) is 3. The minimum atomic E-state index is -1.25. The van der Waals surface area contributed by atoms with Crippen LogP contribution < -0.4 is 14.5 Å². The first kappa shape index (κ1) is 32.7. The van der Waals surface area contributed by atoms with Crippen LogP contribution in [0.25, 0.3) is 0 Å². The number of halogens is 1. The Balaban J connectivity index is 1.60. The van der Waals surface area contributed by atoms with Crippen molar-refractivity contribution in [3.05, 3.63) is 78.9 Å². The van der Waals surface area contributed by atoms with Crippen LogP contribution in [0.15, 0.2) is 73.8 Å². The summed E-state index contributed by atoms with van der Waals surface area (Å²) in [6.45, 7) is 14.4.